The first kappa shape index (κ1) is 22.1. The van der Waals surface area contributed by atoms with Crippen molar-refractivity contribution in [3.63, 3.8) is 0 Å². The molecule has 32 heavy (non-hydrogen) atoms. The molecule has 0 aliphatic heterocycles. The van der Waals surface area contributed by atoms with Gasteiger partial charge in [-0.15, -0.1) is 0 Å². The third kappa shape index (κ3) is 5.20. The van der Waals surface area contributed by atoms with Crippen molar-refractivity contribution in [2.24, 2.45) is 0 Å². The first-order valence-corrected chi connectivity index (χ1v) is 10.8. The maximum absolute atomic E-state index is 13.9. The average Bonchev–Trinajstić information content (AvgIpc) is 3.36. The lowest BCUT2D eigenvalue weighted by molar-refractivity contribution is 0.0992. The summed E-state index contributed by atoms with van der Waals surface area (Å²) in [6, 6.07) is 15.0. The fourth-order valence-electron chi connectivity index (χ4n) is 3.03. The number of rotatable bonds is 7. The Morgan fingerprint density at radius 3 is 2.84 bits per heavy atom. The number of amides is 1. The third-order valence-corrected chi connectivity index (χ3v) is 5.45. The Morgan fingerprint density at radius 1 is 1.25 bits per heavy atom. The zero-order chi connectivity index (χ0) is 22.7. The number of hydrogen-bond acceptors (Lipinski definition) is 4. The van der Waals surface area contributed by atoms with E-state index in [9.17, 15) is 9.18 Å². The number of nitrogens with one attached hydrogen (secondary N) is 1. The topological polar surface area (TPSA) is 69.3 Å². The number of carbonyl (C=O) groups excluding carboxylic acids is 1. The van der Waals surface area contributed by atoms with Crippen LogP contribution in [-0.2, 0) is 13.2 Å². The lowest BCUT2D eigenvalue weighted by Crippen LogP contribution is -2.12. The molecule has 0 aliphatic rings. The molecule has 4 aromatic rings. The van der Waals surface area contributed by atoms with E-state index in [1.807, 2.05) is 6.92 Å². The highest BCUT2D eigenvalue weighted by Gasteiger charge is 2.16. The van der Waals surface area contributed by atoms with Gasteiger partial charge in [0.2, 0.25) is 0 Å². The number of furan rings is 1. The number of halogens is 3. The Balaban J connectivity index is 1.39. The quantitative estimate of drug-likeness (QED) is 0.315. The van der Waals surface area contributed by atoms with E-state index in [4.69, 9.17) is 20.8 Å². The minimum Gasteiger partial charge on any atom is -0.485 e. The summed E-state index contributed by atoms with van der Waals surface area (Å²) in [5.74, 6) is 0.818. The molecule has 0 aliphatic carbocycles. The summed E-state index contributed by atoms with van der Waals surface area (Å²) in [5.41, 5.74) is 1.39. The van der Waals surface area contributed by atoms with Crippen LogP contribution in [0.4, 0.5) is 10.2 Å². The molecule has 2 aromatic carbocycles. The van der Waals surface area contributed by atoms with Crippen LogP contribution in [-0.4, -0.2) is 15.7 Å². The van der Waals surface area contributed by atoms with Crippen LogP contribution in [0.15, 0.2) is 69.7 Å². The highest BCUT2D eigenvalue weighted by atomic mass is 79.9. The number of anilines is 1. The largest absolute Gasteiger partial charge is 0.485 e. The van der Waals surface area contributed by atoms with Crippen LogP contribution < -0.4 is 10.1 Å². The number of hydrogen-bond donors (Lipinski definition) is 1. The van der Waals surface area contributed by atoms with Crippen molar-refractivity contribution in [2.75, 3.05) is 5.32 Å². The van der Waals surface area contributed by atoms with Crippen LogP contribution in [0.25, 0.3) is 0 Å². The third-order valence-electron chi connectivity index (χ3n) is 4.63. The Bertz CT molecular complexity index is 1270. The Kier molecular flexibility index (Phi) is 6.62. The first-order chi connectivity index (χ1) is 15.4. The van der Waals surface area contributed by atoms with Gasteiger partial charge in [0.1, 0.15) is 23.9 Å². The van der Waals surface area contributed by atoms with Crippen molar-refractivity contribution in [3.8, 4) is 5.75 Å². The predicted octanol–water partition coefficient (Wildman–Crippen LogP) is 6.22. The van der Waals surface area contributed by atoms with Gasteiger partial charge in [0.15, 0.2) is 11.6 Å². The van der Waals surface area contributed by atoms with E-state index in [-0.39, 0.29) is 24.7 Å². The molecule has 0 spiro atoms. The summed E-state index contributed by atoms with van der Waals surface area (Å²) in [5, 5.41) is 7.63. The summed E-state index contributed by atoms with van der Waals surface area (Å²) >= 11 is 9.32. The monoisotopic (exact) mass is 517 g/mol. The number of nitrogens with zero attached hydrogens (tertiary/aromatic N) is 2. The van der Waals surface area contributed by atoms with Gasteiger partial charge in [0.05, 0.1) is 11.0 Å². The molecule has 2 heterocycles. The number of ether oxygens (including phenoxy) is 1. The lowest BCUT2D eigenvalue weighted by atomic mass is 10.2. The van der Waals surface area contributed by atoms with Crippen molar-refractivity contribution < 1.29 is 18.3 Å². The Labute approximate surface area is 197 Å². The van der Waals surface area contributed by atoms with Gasteiger partial charge < -0.3 is 14.5 Å². The van der Waals surface area contributed by atoms with E-state index in [1.54, 1.807) is 54.7 Å². The smallest absolute Gasteiger partial charge is 0.292 e. The molecule has 0 saturated carbocycles. The maximum atomic E-state index is 13.9. The first-order valence-electron chi connectivity index (χ1n) is 9.64. The molecule has 9 heteroatoms. The van der Waals surface area contributed by atoms with Gasteiger partial charge in [-0.2, -0.15) is 5.10 Å². The molecule has 1 amide bonds. The molecule has 0 bridgehead atoms. The highest BCUT2D eigenvalue weighted by molar-refractivity contribution is 9.10. The average molecular weight is 519 g/mol. The van der Waals surface area contributed by atoms with E-state index in [2.05, 4.69) is 26.3 Å². The van der Waals surface area contributed by atoms with Crippen molar-refractivity contribution in [2.45, 2.75) is 20.1 Å². The van der Waals surface area contributed by atoms with Crippen molar-refractivity contribution in [3.05, 3.63) is 98.8 Å². The summed E-state index contributed by atoms with van der Waals surface area (Å²) in [4.78, 5) is 12.6. The number of aromatic nitrogens is 2. The van der Waals surface area contributed by atoms with Gasteiger partial charge >= 0.3 is 0 Å². The van der Waals surface area contributed by atoms with Crippen molar-refractivity contribution in [1.29, 1.82) is 0 Å². The molecule has 0 fully saturated rings. The SMILES string of the molecule is Cc1cc(Cl)ccc1OCc1ccc(C(=O)Nc2nn(Cc3ccccc3F)cc2Br)o1. The van der Waals surface area contributed by atoms with E-state index in [1.165, 1.54) is 10.7 Å². The van der Waals surface area contributed by atoms with Crippen LogP contribution in [0.5, 0.6) is 5.75 Å². The van der Waals surface area contributed by atoms with Gasteiger partial charge in [0.25, 0.3) is 5.91 Å². The van der Waals surface area contributed by atoms with Crippen LogP contribution in [0, 0.1) is 12.7 Å². The van der Waals surface area contributed by atoms with Crippen LogP contribution in [0.3, 0.4) is 0 Å². The molecule has 6 nitrogen and oxygen atoms in total. The Hall–Kier alpha value is -3.10. The van der Waals surface area contributed by atoms with Crippen LogP contribution in [0.2, 0.25) is 5.02 Å². The van der Waals surface area contributed by atoms with E-state index in [0.29, 0.717) is 32.4 Å². The second-order valence-corrected chi connectivity index (χ2v) is 8.32. The van der Waals surface area contributed by atoms with Crippen molar-refractivity contribution >= 4 is 39.3 Å². The summed E-state index contributed by atoms with van der Waals surface area (Å²) in [6.07, 6.45) is 1.66. The van der Waals surface area contributed by atoms with Crippen LogP contribution in [0.1, 0.15) is 27.4 Å². The number of aryl methyl sites for hydroxylation is 1. The fraction of sp³-hybridized carbons (Fsp3) is 0.130. The van der Waals surface area contributed by atoms with Crippen molar-refractivity contribution in [1.82, 2.24) is 9.78 Å². The van der Waals surface area contributed by atoms with Gasteiger partial charge in [-0.1, -0.05) is 29.8 Å². The predicted molar refractivity (Wildman–Crippen MR) is 123 cm³/mol. The van der Waals surface area contributed by atoms with Gasteiger partial charge in [-0.25, -0.2) is 4.39 Å². The summed E-state index contributed by atoms with van der Waals surface area (Å²) < 4.78 is 27.3. The molecule has 0 radical (unpaired) electrons. The lowest BCUT2D eigenvalue weighted by Gasteiger charge is -2.07. The zero-order valence-corrected chi connectivity index (χ0v) is 19.3. The van der Waals surface area contributed by atoms with E-state index in [0.717, 1.165) is 5.56 Å². The normalized spacial score (nSPS) is 10.9. The van der Waals surface area contributed by atoms with E-state index >= 15 is 0 Å². The molecule has 0 unspecified atom stereocenters. The van der Waals surface area contributed by atoms with Gasteiger partial charge in [-0.05, 0) is 64.8 Å². The fourth-order valence-corrected chi connectivity index (χ4v) is 3.68. The Morgan fingerprint density at radius 2 is 2.06 bits per heavy atom. The number of carbonyl (C=O) groups is 1. The molecule has 0 saturated heterocycles. The molecule has 4 rings (SSSR count). The summed E-state index contributed by atoms with van der Waals surface area (Å²) in [6.45, 7) is 2.29. The molecule has 2 aromatic heterocycles. The van der Waals surface area contributed by atoms with Gasteiger partial charge in [0, 0.05) is 16.8 Å². The minimum absolute atomic E-state index is 0.118. The van der Waals surface area contributed by atoms with Gasteiger partial charge in [-0.3, -0.25) is 9.48 Å². The second kappa shape index (κ2) is 9.58. The highest BCUT2D eigenvalue weighted by Crippen LogP contribution is 2.24. The number of benzene rings is 2. The van der Waals surface area contributed by atoms with Crippen LogP contribution >= 0.6 is 27.5 Å². The summed E-state index contributed by atoms with van der Waals surface area (Å²) in [7, 11) is 0. The standard InChI is InChI=1S/C23H18BrClFN3O3/c1-14-10-16(25)6-8-20(14)31-13-17-7-9-21(32-17)23(30)27-22-18(24)12-29(28-22)11-15-4-2-3-5-19(15)26/h2-10,12H,11,13H2,1H3,(H,27,28,30). The molecule has 0 atom stereocenters. The minimum atomic E-state index is -0.462. The molecular weight excluding hydrogens is 501 g/mol. The van der Waals surface area contributed by atoms with E-state index < -0.39 is 5.91 Å². The maximum Gasteiger partial charge on any atom is 0.292 e. The molecule has 1 N–H and O–H groups in total. The molecular formula is C23H18BrClFN3O3. The zero-order valence-electron chi connectivity index (χ0n) is 16.9. The molecule has 164 valence electrons. The second-order valence-electron chi connectivity index (χ2n) is 7.03.